The number of hydrogen-bond acceptors (Lipinski definition) is 6. The number of rotatable bonds is 6. The zero-order chi connectivity index (χ0) is 14.8. The fourth-order valence-corrected chi connectivity index (χ4v) is 2.34. The van der Waals surface area contributed by atoms with Crippen molar-refractivity contribution in [2.24, 2.45) is 0 Å². The van der Waals surface area contributed by atoms with E-state index >= 15 is 0 Å². The van der Waals surface area contributed by atoms with Crippen molar-refractivity contribution in [2.45, 2.75) is 33.2 Å². The molecule has 0 fully saturated rings. The summed E-state index contributed by atoms with van der Waals surface area (Å²) < 4.78 is 24.1. The molecule has 2 N–H and O–H groups in total. The van der Waals surface area contributed by atoms with Crippen molar-refractivity contribution in [2.75, 3.05) is 17.2 Å². The molecule has 0 atom stereocenters. The van der Waals surface area contributed by atoms with Crippen LogP contribution in [0.2, 0.25) is 0 Å². The zero-order valence-electron chi connectivity index (χ0n) is 11.2. The van der Waals surface area contributed by atoms with Crippen LogP contribution in [0.25, 0.3) is 0 Å². The highest BCUT2D eigenvalue weighted by atomic mass is 32.2. The summed E-state index contributed by atoms with van der Waals surface area (Å²) >= 11 is 0. The second-order valence-electron chi connectivity index (χ2n) is 4.49. The second kappa shape index (κ2) is 5.55. The highest BCUT2D eigenvalue weighted by Crippen LogP contribution is 2.31. The van der Waals surface area contributed by atoms with E-state index < -0.39 is 14.8 Å². The average Bonchev–Trinajstić information content (AvgIpc) is 2.64. The molecule has 0 radical (unpaired) electrons. The Morgan fingerprint density at radius 1 is 1.47 bits per heavy atom. The summed E-state index contributed by atoms with van der Waals surface area (Å²) in [6.07, 6.45) is 0. The Hall–Kier alpha value is -1.64. The molecule has 1 heterocycles. The fraction of sp³-hybridized carbons (Fsp3) is 0.700. The highest BCUT2D eigenvalue weighted by Gasteiger charge is 2.28. The van der Waals surface area contributed by atoms with Crippen LogP contribution in [-0.2, 0) is 16.4 Å². The van der Waals surface area contributed by atoms with Gasteiger partial charge in [0.25, 0.3) is 0 Å². The van der Waals surface area contributed by atoms with E-state index in [2.05, 4.69) is 5.10 Å². The number of aryl methyl sites for hydroxylation is 1. The third kappa shape index (κ3) is 3.43. The van der Waals surface area contributed by atoms with Gasteiger partial charge in [-0.1, -0.05) is 20.8 Å². The smallest absolute Gasteiger partial charge is 0.334 e. The first kappa shape index (κ1) is 15.4. The van der Waals surface area contributed by atoms with E-state index in [9.17, 15) is 18.5 Å². The number of nitrogens with zero attached hydrogens (tertiary/aromatic N) is 3. The van der Waals surface area contributed by atoms with Crippen molar-refractivity contribution in [3.63, 3.8) is 0 Å². The lowest BCUT2D eigenvalue weighted by molar-refractivity contribution is -0.384. The molecule has 19 heavy (non-hydrogen) atoms. The van der Waals surface area contributed by atoms with Gasteiger partial charge in [-0.25, -0.2) is 13.1 Å². The fourth-order valence-electron chi connectivity index (χ4n) is 1.60. The van der Waals surface area contributed by atoms with Gasteiger partial charge in [0.15, 0.2) is 9.84 Å². The van der Waals surface area contributed by atoms with Gasteiger partial charge < -0.3 is 5.73 Å². The molecule has 0 unspecified atom stereocenters. The minimum absolute atomic E-state index is 0.0211. The molecule has 1 aromatic heterocycles. The van der Waals surface area contributed by atoms with Crippen molar-refractivity contribution >= 4 is 21.3 Å². The zero-order valence-corrected chi connectivity index (χ0v) is 12.0. The van der Waals surface area contributed by atoms with Crippen molar-refractivity contribution in [1.82, 2.24) is 9.78 Å². The van der Waals surface area contributed by atoms with E-state index in [0.29, 0.717) is 0 Å². The summed E-state index contributed by atoms with van der Waals surface area (Å²) in [5, 5.41) is 15.0. The number of aromatic nitrogens is 2. The molecule has 1 aromatic rings. The molecule has 108 valence electrons. The van der Waals surface area contributed by atoms with Gasteiger partial charge in [0, 0.05) is 11.7 Å². The molecule has 0 aliphatic carbocycles. The quantitative estimate of drug-likeness (QED) is 0.614. The molecule has 0 spiro atoms. The first-order chi connectivity index (χ1) is 8.69. The number of nitrogens with two attached hydrogens (primary N) is 1. The van der Waals surface area contributed by atoms with Gasteiger partial charge >= 0.3 is 5.69 Å². The minimum Gasteiger partial charge on any atom is -0.378 e. The summed E-state index contributed by atoms with van der Waals surface area (Å²) in [7, 11) is -3.16. The van der Waals surface area contributed by atoms with Gasteiger partial charge in [0.05, 0.1) is 17.2 Å². The largest absolute Gasteiger partial charge is 0.378 e. The van der Waals surface area contributed by atoms with Crippen molar-refractivity contribution < 1.29 is 13.3 Å². The van der Waals surface area contributed by atoms with Gasteiger partial charge in [-0.05, 0) is 0 Å². The van der Waals surface area contributed by atoms with E-state index in [1.165, 1.54) is 4.68 Å². The first-order valence-corrected chi connectivity index (χ1v) is 7.72. The number of hydrogen-bond donors (Lipinski definition) is 1. The molecule has 1 rings (SSSR count). The molecule has 0 aliphatic heterocycles. The number of anilines is 1. The summed E-state index contributed by atoms with van der Waals surface area (Å²) in [5.74, 6) is -0.371. The maximum Gasteiger partial charge on any atom is 0.334 e. The Labute approximate surface area is 111 Å². The Balaban J connectivity index is 3.11. The van der Waals surface area contributed by atoms with E-state index in [1.54, 1.807) is 20.8 Å². The SMILES string of the molecule is CCS(=O)(=O)CCn1nc(C(C)C)c([N+](=O)[O-])c1N. The molecular formula is C10H18N4O4S. The van der Waals surface area contributed by atoms with E-state index in [4.69, 9.17) is 5.73 Å². The lowest BCUT2D eigenvalue weighted by Gasteiger charge is -2.03. The summed E-state index contributed by atoms with van der Waals surface area (Å²) in [5.41, 5.74) is 5.72. The molecule has 8 nitrogen and oxygen atoms in total. The summed E-state index contributed by atoms with van der Waals surface area (Å²) in [6, 6.07) is 0. The molecule has 9 heteroatoms. The normalized spacial score (nSPS) is 12.0. The molecule has 0 aromatic carbocycles. The number of nitrogen functional groups attached to an aromatic ring is 1. The Kier molecular flexibility index (Phi) is 4.51. The van der Waals surface area contributed by atoms with Crippen LogP contribution in [0.3, 0.4) is 0 Å². The lowest BCUT2D eigenvalue weighted by Crippen LogP contribution is -2.16. The van der Waals surface area contributed by atoms with Crippen LogP contribution in [0.15, 0.2) is 0 Å². The average molecular weight is 290 g/mol. The highest BCUT2D eigenvalue weighted by molar-refractivity contribution is 7.91. The Morgan fingerprint density at radius 3 is 2.42 bits per heavy atom. The van der Waals surface area contributed by atoms with Gasteiger partial charge in [0.1, 0.15) is 5.69 Å². The van der Waals surface area contributed by atoms with Crippen LogP contribution >= 0.6 is 0 Å². The molecule has 0 saturated heterocycles. The standard InChI is InChI=1S/C10H18N4O4S/c1-4-19(17,18)6-5-13-10(11)9(14(15)16)8(12-13)7(2)3/h7H,4-6,11H2,1-3H3. The van der Waals surface area contributed by atoms with Crippen molar-refractivity contribution in [3.05, 3.63) is 15.8 Å². The Morgan fingerprint density at radius 2 is 2.05 bits per heavy atom. The molecule has 0 aliphatic rings. The predicted octanol–water partition coefficient (Wildman–Crippen LogP) is 0.932. The predicted molar refractivity (Wildman–Crippen MR) is 71.7 cm³/mol. The van der Waals surface area contributed by atoms with Crippen molar-refractivity contribution in [1.29, 1.82) is 0 Å². The van der Waals surface area contributed by atoms with Crippen LogP contribution in [-0.4, -0.2) is 34.6 Å². The Bertz CT molecular complexity index is 577. The number of nitro groups is 1. The van der Waals surface area contributed by atoms with Gasteiger partial charge in [0.2, 0.25) is 5.82 Å². The maximum absolute atomic E-state index is 11.4. The van der Waals surface area contributed by atoms with E-state index in [-0.39, 0.29) is 41.2 Å². The van der Waals surface area contributed by atoms with E-state index in [1.807, 2.05) is 0 Å². The lowest BCUT2D eigenvalue weighted by atomic mass is 10.1. The molecule has 0 amide bonds. The van der Waals surface area contributed by atoms with Crippen LogP contribution in [0.5, 0.6) is 0 Å². The van der Waals surface area contributed by atoms with Gasteiger partial charge in [-0.2, -0.15) is 5.10 Å². The number of sulfone groups is 1. The summed E-state index contributed by atoms with van der Waals surface area (Å²) in [4.78, 5) is 10.4. The monoisotopic (exact) mass is 290 g/mol. The molecule has 0 bridgehead atoms. The van der Waals surface area contributed by atoms with Crippen LogP contribution in [0, 0.1) is 10.1 Å². The molecular weight excluding hydrogens is 272 g/mol. The second-order valence-corrected chi connectivity index (χ2v) is 6.96. The van der Waals surface area contributed by atoms with Crippen molar-refractivity contribution in [3.8, 4) is 0 Å². The molecule has 0 saturated carbocycles. The third-order valence-electron chi connectivity index (χ3n) is 2.78. The van der Waals surface area contributed by atoms with Gasteiger partial charge in [-0.15, -0.1) is 0 Å². The van der Waals surface area contributed by atoms with Crippen LogP contribution in [0.1, 0.15) is 32.4 Å². The first-order valence-electron chi connectivity index (χ1n) is 5.90. The summed E-state index contributed by atoms with van der Waals surface area (Å²) in [6.45, 7) is 5.10. The topological polar surface area (TPSA) is 121 Å². The van der Waals surface area contributed by atoms with E-state index in [0.717, 1.165) is 0 Å². The van der Waals surface area contributed by atoms with Crippen LogP contribution < -0.4 is 5.73 Å². The maximum atomic E-state index is 11.4. The minimum atomic E-state index is -3.16. The van der Waals surface area contributed by atoms with Gasteiger partial charge in [-0.3, -0.25) is 10.1 Å². The van der Waals surface area contributed by atoms with Crippen LogP contribution in [0.4, 0.5) is 11.5 Å². The third-order valence-corrected chi connectivity index (χ3v) is 4.46.